The maximum atomic E-state index is 12.5. The van der Waals surface area contributed by atoms with Crippen LogP contribution in [0, 0.1) is 0 Å². The van der Waals surface area contributed by atoms with Gasteiger partial charge in [0, 0.05) is 22.6 Å². The SMILES string of the molecule is CC(O)CNC(=O)c1c2c(nc3ccc(Cl)cc13)CCC2. The average molecular weight is 305 g/mol. The van der Waals surface area contributed by atoms with Crippen molar-refractivity contribution < 1.29 is 9.90 Å². The lowest BCUT2D eigenvalue weighted by Gasteiger charge is -2.13. The van der Waals surface area contributed by atoms with E-state index in [0.717, 1.165) is 41.4 Å². The minimum absolute atomic E-state index is 0.163. The third-order valence-electron chi connectivity index (χ3n) is 3.76. The molecule has 1 aliphatic carbocycles. The number of carbonyl (C=O) groups is 1. The number of fused-ring (bicyclic) bond motifs is 2. The number of aromatic nitrogens is 1. The van der Waals surface area contributed by atoms with Gasteiger partial charge in [-0.15, -0.1) is 0 Å². The van der Waals surface area contributed by atoms with Crippen LogP contribution in [0.1, 0.15) is 35.0 Å². The van der Waals surface area contributed by atoms with Crippen LogP contribution in [-0.4, -0.2) is 28.6 Å². The van der Waals surface area contributed by atoms with Crippen molar-refractivity contribution >= 4 is 28.4 Å². The number of halogens is 1. The molecule has 1 unspecified atom stereocenters. The lowest BCUT2D eigenvalue weighted by atomic mass is 10.0. The largest absolute Gasteiger partial charge is 0.392 e. The summed E-state index contributed by atoms with van der Waals surface area (Å²) in [5.41, 5.74) is 3.48. The van der Waals surface area contributed by atoms with E-state index in [1.165, 1.54) is 0 Å². The van der Waals surface area contributed by atoms with Gasteiger partial charge in [0.25, 0.3) is 5.91 Å². The first-order valence-corrected chi connectivity index (χ1v) is 7.51. The number of benzene rings is 1. The third kappa shape index (κ3) is 2.74. The molecule has 1 atom stereocenters. The molecule has 1 amide bonds. The molecule has 21 heavy (non-hydrogen) atoms. The highest BCUT2D eigenvalue weighted by molar-refractivity contribution is 6.31. The van der Waals surface area contributed by atoms with Crippen LogP contribution >= 0.6 is 11.6 Å². The number of nitrogens with one attached hydrogen (secondary N) is 1. The molecule has 0 spiro atoms. The molecule has 0 fully saturated rings. The van der Waals surface area contributed by atoms with E-state index in [-0.39, 0.29) is 12.5 Å². The molecule has 0 saturated heterocycles. The van der Waals surface area contributed by atoms with Crippen molar-refractivity contribution in [1.82, 2.24) is 10.3 Å². The van der Waals surface area contributed by atoms with Gasteiger partial charge in [-0.05, 0) is 49.9 Å². The molecule has 1 aromatic heterocycles. The highest BCUT2D eigenvalue weighted by Gasteiger charge is 2.23. The molecule has 2 N–H and O–H groups in total. The fourth-order valence-corrected chi connectivity index (χ4v) is 2.99. The predicted octanol–water partition coefficient (Wildman–Crippen LogP) is 2.49. The molecule has 1 heterocycles. The van der Waals surface area contributed by atoms with Crippen LogP contribution in [0.2, 0.25) is 5.02 Å². The number of pyridine rings is 1. The van der Waals surface area contributed by atoms with Crippen molar-refractivity contribution in [1.29, 1.82) is 0 Å². The number of amides is 1. The Hall–Kier alpha value is -1.65. The van der Waals surface area contributed by atoms with Crippen LogP contribution in [0.4, 0.5) is 0 Å². The summed E-state index contributed by atoms with van der Waals surface area (Å²) in [6, 6.07) is 5.43. The summed E-state index contributed by atoms with van der Waals surface area (Å²) in [6.45, 7) is 1.88. The van der Waals surface area contributed by atoms with Crippen molar-refractivity contribution in [3.8, 4) is 0 Å². The van der Waals surface area contributed by atoms with Gasteiger partial charge in [0.2, 0.25) is 0 Å². The highest BCUT2D eigenvalue weighted by atomic mass is 35.5. The molecule has 0 aliphatic heterocycles. The summed E-state index contributed by atoms with van der Waals surface area (Å²) in [4.78, 5) is 17.2. The van der Waals surface area contributed by atoms with Crippen LogP contribution in [0.5, 0.6) is 0 Å². The van der Waals surface area contributed by atoms with E-state index in [2.05, 4.69) is 10.3 Å². The van der Waals surface area contributed by atoms with Crippen LogP contribution in [0.3, 0.4) is 0 Å². The quantitative estimate of drug-likeness (QED) is 0.916. The van der Waals surface area contributed by atoms with Crippen molar-refractivity contribution in [3.05, 3.63) is 40.0 Å². The van der Waals surface area contributed by atoms with Gasteiger partial charge < -0.3 is 10.4 Å². The van der Waals surface area contributed by atoms with Gasteiger partial charge in [-0.25, -0.2) is 0 Å². The Morgan fingerprint density at radius 3 is 3.05 bits per heavy atom. The number of aliphatic hydroxyl groups excluding tert-OH is 1. The molecule has 0 radical (unpaired) electrons. The van der Waals surface area contributed by atoms with Crippen LogP contribution < -0.4 is 5.32 Å². The first kappa shape index (κ1) is 14.3. The van der Waals surface area contributed by atoms with Crippen LogP contribution in [-0.2, 0) is 12.8 Å². The molecule has 1 aliphatic rings. The Kier molecular flexibility index (Phi) is 3.83. The standard InChI is InChI=1S/C16H17ClN2O2/c1-9(20)8-18-16(21)15-11-3-2-4-13(11)19-14-6-5-10(17)7-12(14)15/h5-7,9,20H,2-4,8H2,1H3,(H,18,21). The van der Waals surface area contributed by atoms with Gasteiger partial charge >= 0.3 is 0 Å². The number of rotatable bonds is 3. The molecule has 4 nitrogen and oxygen atoms in total. The first-order valence-electron chi connectivity index (χ1n) is 7.13. The zero-order valence-electron chi connectivity index (χ0n) is 11.8. The Morgan fingerprint density at radius 2 is 2.29 bits per heavy atom. The summed E-state index contributed by atoms with van der Waals surface area (Å²) in [5, 5.41) is 13.5. The maximum absolute atomic E-state index is 12.5. The lowest BCUT2D eigenvalue weighted by Crippen LogP contribution is -2.31. The molecule has 2 aromatic rings. The topological polar surface area (TPSA) is 62.2 Å². The van der Waals surface area contributed by atoms with Crippen LogP contribution in [0.25, 0.3) is 10.9 Å². The zero-order chi connectivity index (χ0) is 15.0. The Balaban J connectivity index is 2.14. The first-order chi connectivity index (χ1) is 10.1. The van der Waals surface area contributed by atoms with Crippen molar-refractivity contribution in [2.24, 2.45) is 0 Å². The Bertz CT molecular complexity index is 713. The molecule has 5 heteroatoms. The summed E-state index contributed by atoms with van der Waals surface area (Å²) in [7, 11) is 0. The van der Waals surface area contributed by atoms with E-state index in [1.807, 2.05) is 6.07 Å². The smallest absolute Gasteiger partial charge is 0.252 e. The number of carbonyl (C=O) groups excluding carboxylic acids is 1. The summed E-state index contributed by atoms with van der Waals surface area (Å²) >= 11 is 6.07. The number of hydrogen-bond acceptors (Lipinski definition) is 3. The second-order valence-electron chi connectivity index (χ2n) is 5.49. The van der Waals surface area contributed by atoms with Crippen LogP contribution in [0.15, 0.2) is 18.2 Å². The van der Waals surface area contributed by atoms with Crippen molar-refractivity contribution in [3.63, 3.8) is 0 Å². The van der Waals surface area contributed by atoms with Gasteiger partial charge in [0.1, 0.15) is 0 Å². The number of nitrogens with zero attached hydrogens (tertiary/aromatic N) is 1. The minimum Gasteiger partial charge on any atom is -0.392 e. The summed E-state index contributed by atoms with van der Waals surface area (Å²) < 4.78 is 0. The van der Waals surface area contributed by atoms with Crippen molar-refractivity contribution in [2.45, 2.75) is 32.3 Å². The summed E-state index contributed by atoms with van der Waals surface area (Å²) in [6.07, 6.45) is 2.22. The molecule has 0 bridgehead atoms. The van der Waals surface area contributed by atoms with Crippen molar-refractivity contribution in [2.75, 3.05) is 6.54 Å². The molecule has 110 valence electrons. The molecule has 1 aromatic carbocycles. The van der Waals surface area contributed by atoms with Gasteiger partial charge in [-0.2, -0.15) is 0 Å². The minimum atomic E-state index is -0.571. The Morgan fingerprint density at radius 1 is 1.48 bits per heavy atom. The molecule has 0 saturated carbocycles. The molecule has 3 rings (SSSR count). The predicted molar refractivity (Wildman–Crippen MR) is 82.8 cm³/mol. The zero-order valence-corrected chi connectivity index (χ0v) is 12.6. The van der Waals surface area contributed by atoms with Gasteiger partial charge in [0.15, 0.2) is 0 Å². The maximum Gasteiger partial charge on any atom is 0.252 e. The molecular formula is C16H17ClN2O2. The third-order valence-corrected chi connectivity index (χ3v) is 3.99. The Labute approximate surface area is 128 Å². The van der Waals surface area contributed by atoms with E-state index in [4.69, 9.17) is 11.6 Å². The van der Waals surface area contributed by atoms with E-state index in [9.17, 15) is 9.90 Å². The van der Waals surface area contributed by atoms with E-state index in [1.54, 1.807) is 19.1 Å². The number of aryl methyl sites for hydroxylation is 1. The normalized spacial score (nSPS) is 15.0. The van der Waals surface area contributed by atoms with Gasteiger partial charge in [-0.1, -0.05) is 11.6 Å². The average Bonchev–Trinajstić information content (AvgIpc) is 2.90. The van der Waals surface area contributed by atoms with Gasteiger partial charge in [0.05, 0.1) is 17.2 Å². The lowest BCUT2D eigenvalue weighted by molar-refractivity contribution is 0.0924. The summed E-state index contributed by atoms with van der Waals surface area (Å²) in [5.74, 6) is -0.163. The second kappa shape index (κ2) is 5.62. The number of aliphatic hydroxyl groups is 1. The monoisotopic (exact) mass is 304 g/mol. The van der Waals surface area contributed by atoms with E-state index >= 15 is 0 Å². The highest BCUT2D eigenvalue weighted by Crippen LogP contribution is 2.31. The second-order valence-corrected chi connectivity index (χ2v) is 5.92. The van der Waals surface area contributed by atoms with E-state index < -0.39 is 6.10 Å². The number of hydrogen-bond donors (Lipinski definition) is 2. The van der Waals surface area contributed by atoms with E-state index in [0.29, 0.717) is 10.6 Å². The molecular weight excluding hydrogens is 288 g/mol. The fraction of sp³-hybridized carbons (Fsp3) is 0.375. The fourth-order valence-electron chi connectivity index (χ4n) is 2.82. The van der Waals surface area contributed by atoms with Gasteiger partial charge in [-0.3, -0.25) is 9.78 Å².